The van der Waals surface area contributed by atoms with Crippen molar-refractivity contribution in [1.82, 2.24) is 0 Å². The van der Waals surface area contributed by atoms with Gasteiger partial charge in [0.15, 0.2) is 34.6 Å². The minimum atomic E-state index is -0.246. The molecule has 0 radical (unpaired) electrons. The Hall–Kier alpha value is -4.56. The molecule has 2 aromatic carbocycles. The monoisotopic (exact) mass is 628 g/mol. The van der Waals surface area contributed by atoms with E-state index in [-0.39, 0.29) is 34.5 Å². The van der Waals surface area contributed by atoms with Gasteiger partial charge in [0.1, 0.15) is 12.1 Å². The maximum absolute atomic E-state index is 12.3. The summed E-state index contributed by atoms with van der Waals surface area (Å²) >= 11 is 0. The van der Waals surface area contributed by atoms with E-state index in [1.165, 1.54) is 0 Å². The lowest BCUT2D eigenvalue weighted by Crippen LogP contribution is -2.08. The highest BCUT2D eigenvalue weighted by Gasteiger charge is 2.15. The molecule has 2 aromatic rings. The summed E-state index contributed by atoms with van der Waals surface area (Å²) in [5, 5.41) is 18.8. The SMILES string of the molecule is CCOc1cc(C=C(C#N)C(=O)C(C)C)ccc1OCCCCCCCCOc1ccc(C=C(C#N)C(=O)C(C)C)cc1OCC. The number of rotatable bonds is 21. The molecule has 0 bridgehead atoms. The van der Waals surface area contributed by atoms with Crippen LogP contribution >= 0.6 is 0 Å². The van der Waals surface area contributed by atoms with Crippen LogP contribution in [0.5, 0.6) is 23.0 Å². The average molecular weight is 629 g/mol. The largest absolute Gasteiger partial charge is 0.490 e. The predicted octanol–water partition coefficient (Wildman–Crippen LogP) is 8.55. The van der Waals surface area contributed by atoms with Crippen molar-refractivity contribution in [3.63, 3.8) is 0 Å². The van der Waals surface area contributed by atoms with Crippen LogP contribution in [0.2, 0.25) is 0 Å². The Morgan fingerprint density at radius 1 is 0.609 bits per heavy atom. The van der Waals surface area contributed by atoms with Crippen molar-refractivity contribution in [3.8, 4) is 35.1 Å². The molecule has 0 aromatic heterocycles. The smallest absolute Gasteiger partial charge is 0.175 e. The zero-order valence-corrected chi connectivity index (χ0v) is 28.2. The quantitative estimate of drug-likeness (QED) is 0.0766. The van der Waals surface area contributed by atoms with Gasteiger partial charge in [-0.05, 0) is 74.2 Å². The van der Waals surface area contributed by atoms with Crippen LogP contribution in [0.15, 0.2) is 47.5 Å². The average Bonchev–Trinajstić information content (AvgIpc) is 3.04. The molecule has 0 fully saturated rings. The third-order valence-corrected chi connectivity index (χ3v) is 7.03. The van der Waals surface area contributed by atoms with Crippen LogP contribution < -0.4 is 18.9 Å². The van der Waals surface area contributed by atoms with Crippen molar-refractivity contribution >= 4 is 23.7 Å². The number of ether oxygens (including phenoxy) is 4. The van der Waals surface area contributed by atoms with Gasteiger partial charge in [-0.15, -0.1) is 0 Å². The molecule has 0 atom stereocenters. The van der Waals surface area contributed by atoms with E-state index < -0.39 is 0 Å². The number of ketones is 2. The third kappa shape index (κ3) is 12.4. The highest BCUT2D eigenvalue weighted by molar-refractivity contribution is 6.04. The molecule has 46 heavy (non-hydrogen) atoms. The van der Waals surface area contributed by atoms with E-state index in [4.69, 9.17) is 18.9 Å². The fourth-order valence-electron chi connectivity index (χ4n) is 4.55. The second-order valence-electron chi connectivity index (χ2n) is 11.5. The van der Waals surface area contributed by atoms with Crippen LogP contribution in [0, 0.1) is 34.5 Å². The second kappa shape index (κ2) is 20.5. The Morgan fingerprint density at radius 2 is 0.978 bits per heavy atom. The summed E-state index contributed by atoms with van der Waals surface area (Å²) < 4.78 is 23.5. The van der Waals surface area contributed by atoms with Gasteiger partial charge in [-0.25, -0.2) is 0 Å². The summed E-state index contributed by atoms with van der Waals surface area (Å²) in [6.07, 6.45) is 9.29. The van der Waals surface area contributed by atoms with E-state index in [1.807, 2.05) is 50.3 Å². The molecular weight excluding hydrogens is 580 g/mol. The van der Waals surface area contributed by atoms with E-state index in [2.05, 4.69) is 0 Å². The molecule has 0 aliphatic carbocycles. The number of nitrogens with zero attached hydrogens (tertiary/aromatic N) is 2. The molecule has 0 saturated carbocycles. The Labute approximate surface area is 274 Å². The van der Waals surface area contributed by atoms with Gasteiger partial charge in [0, 0.05) is 11.8 Å². The van der Waals surface area contributed by atoms with Gasteiger partial charge in [0.05, 0.1) is 37.6 Å². The van der Waals surface area contributed by atoms with Crippen molar-refractivity contribution in [2.24, 2.45) is 11.8 Å². The maximum Gasteiger partial charge on any atom is 0.175 e. The molecule has 0 unspecified atom stereocenters. The minimum absolute atomic E-state index is 0.128. The number of benzene rings is 2. The van der Waals surface area contributed by atoms with Crippen LogP contribution in [0.3, 0.4) is 0 Å². The lowest BCUT2D eigenvalue weighted by atomic mass is 10.00. The summed E-state index contributed by atoms with van der Waals surface area (Å²) in [5.41, 5.74) is 1.70. The molecule has 0 saturated heterocycles. The van der Waals surface area contributed by atoms with E-state index in [9.17, 15) is 20.1 Å². The summed E-state index contributed by atoms with van der Waals surface area (Å²) in [4.78, 5) is 24.5. The Morgan fingerprint density at radius 3 is 1.30 bits per heavy atom. The number of nitriles is 2. The molecule has 8 nitrogen and oxygen atoms in total. The van der Waals surface area contributed by atoms with E-state index in [1.54, 1.807) is 52.0 Å². The van der Waals surface area contributed by atoms with Gasteiger partial charge in [-0.3, -0.25) is 9.59 Å². The summed E-state index contributed by atoms with van der Waals surface area (Å²) in [7, 11) is 0. The molecule has 2 rings (SSSR count). The van der Waals surface area contributed by atoms with Crippen LogP contribution in [0.25, 0.3) is 12.2 Å². The molecule has 0 amide bonds. The zero-order valence-electron chi connectivity index (χ0n) is 28.2. The lowest BCUT2D eigenvalue weighted by molar-refractivity contribution is -0.118. The Bertz CT molecular complexity index is 1330. The fourth-order valence-corrected chi connectivity index (χ4v) is 4.55. The number of Topliss-reactive ketones (excluding diaryl/α,β-unsaturated/α-hetero) is 2. The second-order valence-corrected chi connectivity index (χ2v) is 11.5. The van der Waals surface area contributed by atoms with Gasteiger partial charge in [-0.2, -0.15) is 10.5 Å². The fraction of sp³-hybridized carbons (Fsp3) is 0.474. The Kier molecular flexibility index (Phi) is 16.7. The van der Waals surface area contributed by atoms with Crippen LogP contribution in [-0.4, -0.2) is 38.0 Å². The van der Waals surface area contributed by atoms with Gasteiger partial charge in [0.2, 0.25) is 0 Å². The highest BCUT2D eigenvalue weighted by atomic mass is 16.5. The summed E-state index contributed by atoms with van der Waals surface area (Å²) in [6, 6.07) is 14.9. The van der Waals surface area contributed by atoms with Gasteiger partial charge in [-0.1, -0.05) is 65.5 Å². The van der Waals surface area contributed by atoms with Crippen molar-refractivity contribution in [3.05, 3.63) is 58.7 Å². The molecule has 0 N–H and O–H groups in total. The number of allylic oxidation sites excluding steroid dienone is 2. The van der Waals surface area contributed by atoms with Crippen molar-refractivity contribution in [1.29, 1.82) is 10.5 Å². The topological polar surface area (TPSA) is 119 Å². The normalized spacial score (nSPS) is 11.6. The first-order valence-electron chi connectivity index (χ1n) is 16.3. The van der Waals surface area contributed by atoms with Crippen LogP contribution in [0.1, 0.15) is 91.2 Å². The number of hydrogen-bond donors (Lipinski definition) is 0. The van der Waals surface area contributed by atoms with Gasteiger partial charge < -0.3 is 18.9 Å². The highest BCUT2D eigenvalue weighted by Crippen LogP contribution is 2.31. The first-order valence-corrected chi connectivity index (χ1v) is 16.3. The number of hydrogen-bond acceptors (Lipinski definition) is 8. The lowest BCUT2D eigenvalue weighted by Gasteiger charge is -2.13. The first kappa shape index (κ1) is 37.6. The van der Waals surface area contributed by atoms with Crippen molar-refractivity contribution in [2.75, 3.05) is 26.4 Å². The third-order valence-electron chi connectivity index (χ3n) is 7.03. The number of unbranched alkanes of at least 4 members (excludes halogenated alkanes) is 5. The zero-order chi connectivity index (χ0) is 33.9. The molecule has 8 heteroatoms. The number of carbonyl (C=O) groups is 2. The van der Waals surface area contributed by atoms with Gasteiger partial charge in [0.25, 0.3) is 0 Å². The summed E-state index contributed by atoms with van der Waals surface area (Å²) in [6.45, 7) is 13.0. The molecule has 0 spiro atoms. The summed E-state index contributed by atoms with van der Waals surface area (Å²) in [5.74, 6) is 1.63. The molecule has 0 heterocycles. The van der Waals surface area contributed by atoms with Crippen molar-refractivity contribution in [2.45, 2.75) is 80.1 Å². The standard InChI is InChI=1S/C38H48N2O6/c1-7-43-35-23-29(21-31(25-39)37(41)27(3)4)15-17-33(35)45-19-13-11-9-10-12-14-20-46-34-18-16-30(24-36(34)44-8-2)22-32(26-40)38(42)28(5)6/h15-18,21-24,27-28H,7-14,19-20H2,1-6H3. The molecule has 0 aliphatic heterocycles. The predicted molar refractivity (Wildman–Crippen MR) is 181 cm³/mol. The van der Waals surface area contributed by atoms with E-state index in [0.29, 0.717) is 49.4 Å². The van der Waals surface area contributed by atoms with Crippen LogP contribution in [-0.2, 0) is 9.59 Å². The molecule has 0 aliphatic rings. The maximum atomic E-state index is 12.3. The van der Waals surface area contributed by atoms with Gasteiger partial charge >= 0.3 is 0 Å². The van der Waals surface area contributed by atoms with E-state index >= 15 is 0 Å². The van der Waals surface area contributed by atoms with E-state index in [0.717, 1.165) is 49.7 Å². The Balaban J connectivity index is 1.77. The molecule has 246 valence electrons. The minimum Gasteiger partial charge on any atom is -0.490 e. The number of carbonyl (C=O) groups excluding carboxylic acids is 2. The first-order chi connectivity index (χ1) is 22.1. The molecular formula is C38H48N2O6. The van der Waals surface area contributed by atoms with Crippen molar-refractivity contribution < 1.29 is 28.5 Å². The van der Waals surface area contributed by atoms with Crippen LogP contribution in [0.4, 0.5) is 0 Å².